The molecule has 0 aliphatic rings. The summed E-state index contributed by atoms with van der Waals surface area (Å²) in [5.74, 6) is 0.277. The average molecular weight is 248 g/mol. The zero-order chi connectivity index (χ0) is 13.1. The number of halogens is 3. The molecule has 0 atom stereocenters. The van der Waals surface area contributed by atoms with Crippen LogP contribution in [-0.2, 0) is 6.61 Å². The maximum absolute atomic E-state index is 12.3. The van der Waals surface area contributed by atoms with Gasteiger partial charge < -0.3 is 10.0 Å². The van der Waals surface area contributed by atoms with Gasteiger partial charge in [0.2, 0.25) is 0 Å². The summed E-state index contributed by atoms with van der Waals surface area (Å²) in [6, 6.07) is 3.09. The van der Waals surface area contributed by atoms with Gasteiger partial charge in [-0.3, -0.25) is 0 Å². The van der Waals surface area contributed by atoms with E-state index in [-0.39, 0.29) is 19.0 Å². The molecule has 96 valence electrons. The summed E-state index contributed by atoms with van der Waals surface area (Å²) in [4.78, 5) is 5.21. The van der Waals surface area contributed by atoms with Crippen molar-refractivity contribution >= 4 is 5.82 Å². The number of aryl methyl sites for hydroxylation is 1. The number of aromatic nitrogens is 1. The van der Waals surface area contributed by atoms with Crippen molar-refractivity contribution in [2.75, 3.05) is 18.0 Å². The van der Waals surface area contributed by atoms with Crippen molar-refractivity contribution in [1.29, 1.82) is 0 Å². The highest BCUT2D eigenvalue weighted by atomic mass is 19.4. The Balaban J connectivity index is 2.93. The Hall–Kier alpha value is -1.30. The highest BCUT2D eigenvalue weighted by Gasteiger charge is 2.30. The summed E-state index contributed by atoms with van der Waals surface area (Å²) in [5, 5.41) is 8.96. The van der Waals surface area contributed by atoms with E-state index in [9.17, 15) is 13.2 Å². The second-order valence-electron chi connectivity index (χ2n) is 3.70. The molecule has 0 saturated heterocycles. The maximum Gasteiger partial charge on any atom is 0.405 e. The van der Waals surface area contributed by atoms with Crippen LogP contribution in [0.2, 0.25) is 0 Å². The average Bonchev–Trinajstić information content (AvgIpc) is 2.24. The lowest BCUT2D eigenvalue weighted by molar-refractivity contribution is -0.119. The predicted octanol–water partition coefficient (Wildman–Crippen LogP) is 2.27. The Labute approximate surface area is 97.9 Å². The second-order valence-corrected chi connectivity index (χ2v) is 3.70. The molecule has 0 aliphatic heterocycles. The van der Waals surface area contributed by atoms with Gasteiger partial charge in [-0.05, 0) is 25.5 Å². The van der Waals surface area contributed by atoms with Gasteiger partial charge in [-0.1, -0.05) is 6.07 Å². The lowest BCUT2D eigenvalue weighted by Crippen LogP contribution is -2.34. The number of alkyl halides is 3. The van der Waals surface area contributed by atoms with Gasteiger partial charge in [0.25, 0.3) is 0 Å². The van der Waals surface area contributed by atoms with E-state index in [1.54, 1.807) is 19.9 Å². The van der Waals surface area contributed by atoms with Crippen LogP contribution in [0.5, 0.6) is 0 Å². The molecular formula is C11H15F3N2O. The SMILES string of the molecule is CCN(CC(F)(F)F)c1ccc(CO)c(C)n1. The lowest BCUT2D eigenvalue weighted by atomic mass is 10.2. The minimum atomic E-state index is -4.25. The van der Waals surface area contributed by atoms with Crippen molar-refractivity contribution in [2.24, 2.45) is 0 Å². The lowest BCUT2D eigenvalue weighted by Gasteiger charge is -2.23. The number of pyridine rings is 1. The van der Waals surface area contributed by atoms with Crippen molar-refractivity contribution in [3.05, 3.63) is 23.4 Å². The number of hydrogen-bond acceptors (Lipinski definition) is 3. The molecule has 1 aromatic heterocycles. The first-order valence-corrected chi connectivity index (χ1v) is 5.26. The molecule has 6 heteroatoms. The monoisotopic (exact) mass is 248 g/mol. The largest absolute Gasteiger partial charge is 0.405 e. The smallest absolute Gasteiger partial charge is 0.392 e. The van der Waals surface area contributed by atoms with Crippen LogP contribution >= 0.6 is 0 Å². The molecular weight excluding hydrogens is 233 g/mol. The molecule has 17 heavy (non-hydrogen) atoms. The molecule has 1 heterocycles. The third-order valence-electron chi connectivity index (χ3n) is 2.43. The fraction of sp³-hybridized carbons (Fsp3) is 0.545. The summed E-state index contributed by atoms with van der Waals surface area (Å²) in [6.07, 6.45) is -4.25. The molecule has 0 saturated carbocycles. The minimum Gasteiger partial charge on any atom is -0.392 e. The highest BCUT2D eigenvalue weighted by molar-refractivity contribution is 5.41. The van der Waals surface area contributed by atoms with Crippen LogP contribution in [0.1, 0.15) is 18.2 Å². The molecule has 0 bridgehead atoms. The van der Waals surface area contributed by atoms with E-state index < -0.39 is 12.7 Å². The summed E-state index contributed by atoms with van der Waals surface area (Å²) < 4.78 is 36.9. The summed E-state index contributed by atoms with van der Waals surface area (Å²) in [6.45, 7) is 2.35. The number of nitrogens with zero attached hydrogens (tertiary/aromatic N) is 2. The van der Waals surface area contributed by atoms with Crippen LogP contribution in [0, 0.1) is 6.92 Å². The van der Waals surface area contributed by atoms with Crippen LogP contribution in [0.25, 0.3) is 0 Å². The summed E-state index contributed by atoms with van der Waals surface area (Å²) in [7, 11) is 0. The first-order valence-electron chi connectivity index (χ1n) is 5.26. The second kappa shape index (κ2) is 5.35. The zero-order valence-corrected chi connectivity index (χ0v) is 9.75. The molecule has 0 radical (unpaired) electrons. The van der Waals surface area contributed by atoms with Crippen LogP contribution < -0.4 is 4.90 Å². The standard InChI is InChI=1S/C11H15F3N2O/c1-3-16(7-11(12,13)14)10-5-4-9(6-17)8(2)15-10/h4-5,17H,3,6-7H2,1-2H3. The van der Waals surface area contributed by atoms with Gasteiger partial charge in [0.05, 0.1) is 6.61 Å². The van der Waals surface area contributed by atoms with E-state index in [1.807, 2.05) is 0 Å². The van der Waals surface area contributed by atoms with Gasteiger partial charge >= 0.3 is 6.18 Å². The third-order valence-corrected chi connectivity index (χ3v) is 2.43. The molecule has 0 aliphatic carbocycles. The van der Waals surface area contributed by atoms with E-state index in [4.69, 9.17) is 5.11 Å². The molecule has 0 amide bonds. The Bertz CT molecular complexity index is 379. The maximum atomic E-state index is 12.3. The first-order chi connectivity index (χ1) is 7.87. The van der Waals surface area contributed by atoms with Gasteiger partial charge in [-0.25, -0.2) is 4.98 Å². The van der Waals surface area contributed by atoms with Crippen LogP contribution in [0.3, 0.4) is 0 Å². The normalized spacial score (nSPS) is 11.6. The molecule has 1 N–H and O–H groups in total. The molecule has 0 unspecified atom stereocenters. The van der Waals surface area contributed by atoms with E-state index in [0.717, 1.165) is 4.90 Å². The number of hydrogen-bond donors (Lipinski definition) is 1. The predicted molar refractivity (Wildman–Crippen MR) is 58.8 cm³/mol. The van der Waals surface area contributed by atoms with Gasteiger partial charge in [-0.2, -0.15) is 13.2 Å². The molecule has 0 aromatic carbocycles. The molecule has 3 nitrogen and oxygen atoms in total. The van der Waals surface area contributed by atoms with Crippen molar-refractivity contribution in [1.82, 2.24) is 4.98 Å². The van der Waals surface area contributed by atoms with Crippen LogP contribution in [-0.4, -0.2) is 29.4 Å². The number of aliphatic hydroxyl groups is 1. The Morgan fingerprint density at radius 1 is 1.35 bits per heavy atom. The quantitative estimate of drug-likeness (QED) is 0.888. The topological polar surface area (TPSA) is 36.4 Å². The van der Waals surface area contributed by atoms with Gasteiger partial charge in [0, 0.05) is 12.2 Å². The van der Waals surface area contributed by atoms with E-state index in [1.165, 1.54) is 6.07 Å². The third kappa shape index (κ3) is 3.89. The van der Waals surface area contributed by atoms with E-state index in [0.29, 0.717) is 11.3 Å². The molecule has 1 aromatic rings. The van der Waals surface area contributed by atoms with Crippen LogP contribution in [0.4, 0.5) is 19.0 Å². The van der Waals surface area contributed by atoms with E-state index >= 15 is 0 Å². The van der Waals surface area contributed by atoms with Crippen LogP contribution in [0.15, 0.2) is 12.1 Å². The number of aliphatic hydroxyl groups excluding tert-OH is 1. The van der Waals surface area contributed by atoms with Crippen molar-refractivity contribution in [3.8, 4) is 0 Å². The minimum absolute atomic E-state index is 0.162. The van der Waals surface area contributed by atoms with Gasteiger partial charge in [0.1, 0.15) is 12.4 Å². The Kier molecular flexibility index (Phi) is 4.34. The highest BCUT2D eigenvalue weighted by Crippen LogP contribution is 2.21. The fourth-order valence-corrected chi connectivity index (χ4v) is 1.49. The van der Waals surface area contributed by atoms with Crippen molar-refractivity contribution in [3.63, 3.8) is 0 Å². The molecule has 0 spiro atoms. The number of anilines is 1. The Morgan fingerprint density at radius 3 is 2.41 bits per heavy atom. The first kappa shape index (κ1) is 13.8. The summed E-state index contributed by atoms with van der Waals surface area (Å²) >= 11 is 0. The Morgan fingerprint density at radius 2 is 2.00 bits per heavy atom. The van der Waals surface area contributed by atoms with Gasteiger partial charge in [0.15, 0.2) is 0 Å². The number of rotatable bonds is 4. The van der Waals surface area contributed by atoms with E-state index in [2.05, 4.69) is 4.98 Å². The van der Waals surface area contributed by atoms with Crippen molar-refractivity contribution < 1.29 is 18.3 Å². The fourth-order valence-electron chi connectivity index (χ4n) is 1.49. The molecule has 0 fully saturated rings. The molecule has 1 rings (SSSR count). The van der Waals surface area contributed by atoms with Gasteiger partial charge in [-0.15, -0.1) is 0 Å². The van der Waals surface area contributed by atoms with Crippen molar-refractivity contribution in [2.45, 2.75) is 26.6 Å². The zero-order valence-electron chi connectivity index (χ0n) is 9.75. The summed E-state index contributed by atoms with van der Waals surface area (Å²) in [5.41, 5.74) is 1.17.